The van der Waals surface area contributed by atoms with E-state index in [1.54, 1.807) is 6.92 Å². The molecule has 26 heavy (non-hydrogen) atoms. The first-order valence-corrected chi connectivity index (χ1v) is 13.1. The van der Waals surface area contributed by atoms with Crippen LogP contribution in [0.3, 0.4) is 0 Å². The van der Waals surface area contributed by atoms with Crippen LogP contribution in [-0.2, 0) is 39.9 Å². The summed E-state index contributed by atoms with van der Waals surface area (Å²) in [4.78, 5) is 24.4. The lowest BCUT2D eigenvalue weighted by Crippen LogP contribution is -2.43. The molecule has 154 valence electrons. The van der Waals surface area contributed by atoms with Crippen molar-refractivity contribution in [2.75, 3.05) is 19.8 Å². The van der Waals surface area contributed by atoms with Crippen molar-refractivity contribution in [2.24, 2.45) is 0 Å². The predicted octanol–water partition coefficient (Wildman–Crippen LogP) is 5.74. The molecule has 2 unspecified atom stereocenters. The van der Waals surface area contributed by atoms with E-state index >= 15 is 0 Å². The van der Waals surface area contributed by atoms with Gasteiger partial charge in [-0.1, -0.05) is 81.2 Å². The quantitative estimate of drug-likeness (QED) is 0.187. The van der Waals surface area contributed by atoms with Gasteiger partial charge >= 0.3 is 16.5 Å². The summed E-state index contributed by atoms with van der Waals surface area (Å²) in [6, 6.07) is -0.358. The molecule has 0 radical (unpaired) electrons. The van der Waals surface area contributed by atoms with Gasteiger partial charge in [0.1, 0.15) is 6.07 Å². The van der Waals surface area contributed by atoms with E-state index in [1.807, 2.05) is 0 Å². The Morgan fingerprint density at radius 1 is 1.15 bits per heavy atom. The summed E-state index contributed by atoms with van der Waals surface area (Å²) < 4.78 is 12.5. The molecule has 6 nitrogen and oxygen atoms in total. The second-order valence-electron chi connectivity index (χ2n) is 4.07. The Morgan fingerprint density at radius 3 is 2.08 bits per heavy atom. The average Bonchev–Trinajstić information content (AvgIpc) is 2.45. The van der Waals surface area contributed by atoms with Gasteiger partial charge in [-0.2, -0.15) is 0 Å². The van der Waals surface area contributed by atoms with Crippen LogP contribution in [0.5, 0.6) is 0 Å². The lowest BCUT2D eigenvalue weighted by Gasteiger charge is -2.32. The molecule has 0 amide bonds. The number of carbonyl (C=O) groups is 2. The van der Waals surface area contributed by atoms with Crippen molar-refractivity contribution >= 4 is 122 Å². The molecule has 0 bridgehead atoms. The minimum absolute atomic E-state index is 0.0330. The zero-order chi connectivity index (χ0) is 20.8. The maximum absolute atomic E-state index is 12.6. The van der Waals surface area contributed by atoms with Crippen molar-refractivity contribution in [2.45, 2.75) is 25.9 Å². The van der Waals surface area contributed by atoms with Crippen LogP contribution in [-0.4, -0.2) is 44.2 Å². The van der Waals surface area contributed by atoms with Crippen molar-refractivity contribution in [3.63, 3.8) is 0 Å². The van der Waals surface area contributed by atoms with Gasteiger partial charge in [0.15, 0.2) is 0 Å². The molecule has 0 heterocycles. The number of hydrogen-bond acceptors (Lipinski definition) is 8. The minimum Gasteiger partial charge on any atom is -0.466 e. The molecule has 0 aliphatic carbocycles. The molecule has 0 saturated carbocycles. The van der Waals surface area contributed by atoms with Crippen molar-refractivity contribution < 1.29 is 28.1 Å². The molecule has 0 aliphatic heterocycles. The molecule has 0 N–H and O–H groups in total. The molecule has 0 aliphatic rings. The number of alkyl halides is 7. The van der Waals surface area contributed by atoms with Gasteiger partial charge < -0.3 is 18.5 Å². The number of esters is 2. The molecule has 0 aromatic rings. The molecule has 0 spiro atoms. The third kappa shape index (κ3) is 8.72. The summed E-state index contributed by atoms with van der Waals surface area (Å²) in [6.07, 6.45) is -0.705. The topological polar surface area (TPSA) is 71.1 Å². The fourth-order valence-electron chi connectivity index (χ4n) is 1.14. The number of rotatable bonds is 10. The van der Waals surface area contributed by atoms with Crippen LogP contribution in [0.2, 0.25) is 0 Å². The van der Waals surface area contributed by atoms with E-state index in [2.05, 4.69) is 0 Å². The Bertz CT molecular complexity index is 560. The van der Waals surface area contributed by atoms with Crippen molar-refractivity contribution in [3.8, 4) is 0 Å². The SMILES string of the molecule is CCOC(=O)CC(Cl)(SP(=S)(OC)OCCl)C(=O)OC(Cl)(Cl)C(Cl)(Cl)Cl. The Morgan fingerprint density at radius 2 is 1.69 bits per heavy atom. The standard InChI is InChI=1S/C10H12Cl7O6PS2/c1-3-21-6(18)4-8(12,26-24(25,20-2)22-5-11)7(19)23-10(16,17)9(13,14)15/h3-5H2,1-2H3. The Labute approximate surface area is 194 Å². The van der Waals surface area contributed by atoms with Gasteiger partial charge in [-0.3, -0.25) is 4.79 Å². The smallest absolute Gasteiger partial charge is 0.341 e. The van der Waals surface area contributed by atoms with Gasteiger partial charge in [-0.15, -0.1) is 0 Å². The largest absolute Gasteiger partial charge is 0.466 e. The van der Waals surface area contributed by atoms with E-state index < -0.39 is 36.6 Å². The van der Waals surface area contributed by atoms with Crippen LogP contribution in [0, 0.1) is 0 Å². The Balaban J connectivity index is 5.74. The van der Waals surface area contributed by atoms with E-state index in [0.717, 1.165) is 0 Å². The number of carbonyl (C=O) groups excluding carboxylic acids is 2. The molecule has 16 heteroatoms. The minimum atomic E-state index is -3.26. The van der Waals surface area contributed by atoms with E-state index in [9.17, 15) is 9.59 Å². The van der Waals surface area contributed by atoms with Gasteiger partial charge in [0, 0.05) is 7.11 Å². The van der Waals surface area contributed by atoms with Gasteiger partial charge in [0.25, 0.3) is 9.49 Å². The van der Waals surface area contributed by atoms with E-state index in [1.165, 1.54) is 7.11 Å². The summed E-state index contributed by atoms with van der Waals surface area (Å²) in [5.41, 5.74) is -3.26. The summed E-state index contributed by atoms with van der Waals surface area (Å²) in [7, 11) is 1.21. The Hall–Kier alpha value is 1.89. The molecule has 0 fully saturated rings. The van der Waals surface area contributed by atoms with E-state index in [-0.39, 0.29) is 12.7 Å². The van der Waals surface area contributed by atoms with Crippen LogP contribution in [0.1, 0.15) is 13.3 Å². The molecule has 2 atom stereocenters. The van der Waals surface area contributed by atoms with Crippen LogP contribution in [0.25, 0.3) is 0 Å². The van der Waals surface area contributed by atoms with Crippen LogP contribution in [0.15, 0.2) is 0 Å². The maximum Gasteiger partial charge on any atom is 0.341 e. The fraction of sp³-hybridized carbons (Fsp3) is 0.800. The third-order valence-corrected chi connectivity index (χ3v) is 10.9. The van der Waals surface area contributed by atoms with Crippen LogP contribution in [0.4, 0.5) is 0 Å². The predicted molar refractivity (Wildman–Crippen MR) is 111 cm³/mol. The highest BCUT2D eigenvalue weighted by Gasteiger charge is 2.55. The van der Waals surface area contributed by atoms with Crippen molar-refractivity contribution in [3.05, 3.63) is 0 Å². The van der Waals surface area contributed by atoms with Crippen LogP contribution < -0.4 is 0 Å². The average molecular weight is 571 g/mol. The monoisotopic (exact) mass is 568 g/mol. The van der Waals surface area contributed by atoms with E-state index in [0.29, 0.717) is 11.4 Å². The maximum atomic E-state index is 12.6. The summed E-state index contributed by atoms with van der Waals surface area (Å²) in [6.45, 7) is 1.59. The second-order valence-corrected chi connectivity index (χ2v) is 15.2. The first-order chi connectivity index (χ1) is 11.7. The molecular weight excluding hydrogens is 559 g/mol. The first-order valence-electron chi connectivity index (χ1n) is 6.26. The first kappa shape index (κ1) is 27.9. The van der Waals surface area contributed by atoms with Crippen LogP contribution >= 0.6 is 98.3 Å². The lowest BCUT2D eigenvalue weighted by molar-refractivity contribution is -0.153. The zero-order valence-corrected chi connectivity index (χ0v) is 20.8. The van der Waals surface area contributed by atoms with Gasteiger partial charge in [0.2, 0.25) is 4.21 Å². The zero-order valence-electron chi connectivity index (χ0n) is 13.0. The fourth-order valence-corrected chi connectivity index (χ4v) is 7.82. The molecule has 0 saturated heterocycles. The highest BCUT2D eigenvalue weighted by molar-refractivity contribution is 8.68. The van der Waals surface area contributed by atoms with Crippen molar-refractivity contribution in [1.29, 1.82) is 0 Å². The number of hydrogen-bond donors (Lipinski definition) is 0. The van der Waals surface area contributed by atoms with Gasteiger partial charge in [-0.05, 0) is 30.1 Å². The highest BCUT2D eigenvalue weighted by atomic mass is 35.6. The van der Waals surface area contributed by atoms with Gasteiger partial charge in [-0.25, -0.2) is 4.79 Å². The molecular formula is C10H12Cl7O6PS2. The molecule has 0 aromatic carbocycles. The van der Waals surface area contributed by atoms with Crippen molar-refractivity contribution in [1.82, 2.24) is 0 Å². The highest BCUT2D eigenvalue weighted by Crippen LogP contribution is 2.67. The molecule has 0 aromatic heterocycles. The lowest BCUT2D eigenvalue weighted by atomic mass is 10.3. The second kappa shape index (κ2) is 11.3. The summed E-state index contributed by atoms with van der Waals surface area (Å²) in [5.74, 6) is -2.18. The summed E-state index contributed by atoms with van der Waals surface area (Å²) in [5, 5.41) is 0. The normalized spacial score (nSPS) is 17.1. The third-order valence-electron chi connectivity index (χ3n) is 2.22. The summed E-state index contributed by atoms with van der Waals surface area (Å²) >= 11 is 45.5. The Kier molecular flexibility index (Phi) is 12.2. The number of ether oxygens (including phenoxy) is 2. The van der Waals surface area contributed by atoms with Gasteiger partial charge in [0.05, 0.1) is 13.0 Å². The molecule has 0 rings (SSSR count). The van der Waals surface area contributed by atoms with E-state index in [4.69, 9.17) is 112 Å². The number of halogens is 7.